The smallest absolute Gasteiger partial charge is 0.00954 e. The Morgan fingerprint density at radius 2 is 0.846 bits per heavy atom. The van der Waals surface area contributed by atoms with Crippen LogP contribution in [-0.2, 0) is 0 Å². The molecular weight excluding hydrogens is 316 g/mol. The zero-order valence-corrected chi connectivity index (χ0v) is 18.0. The second kappa shape index (κ2) is 12.0. The predicted octanol–water partition coefficient (Wildman–Crippen LogP) is 5.90. The largest absolute Gasteiger partial charge is 0.301 e. The highest BCUT2D eigenvalue weighted by molar-refractivity contribution is 5.07. The third-order valence-electron chi connectivity index (χ3n) is 7.02. The highest BCUT2D eigenvalue weighted by Gasteiger charge is 2.24. The van der Waals surface area contributed by atoms with Crippen LogP contribution in [0.1, 0.15) is 79.1 Å². The van der Waals surface area contributed by atoms with E-state index in [-0.39, 0.29) is 0 Å². The molecule has 2 heteroatoms. The first-order valence-electron chi connectivity index (χ1n) is 11.5. The van der Waals surface area contributed by atoms with Gasteiger partial charge in [-0.15, -0.1) is 0 Å². The highest BCUT2D eigenvalue weighted by Crippen LogP contribution is 2.30. The average Bonchev–Trinajstić information content (AvgIpc) is 2.69. The fraction of sp³-hybridized carbons (Fsp3) is 0.833. The monoisotopic (exact) mass is 360 g/mol. The number of hydrogen-bond donors (Lipinski definition) is 0. The van der Waals surface area contributed by atoms with Gasteiger partial charge >= 0.3 is 0 Å². The van der Waals surface area contributed by atoms with Crippen LogP contribution in [0.3, 0.4) is 0 Å². The molecule has 0 spiro atoms. The van der Waals surface area contributed by atoms with Crippen LogP contribution in [0.15, 0.2) is 24.3 Å². The van der Waals surface area contributed by atoms with Gasteiger partial charge in [0.15, 0.2) is 0 Å². The molecule has 2 aliphatic rings. The van der Waals surface area contributed by atoms with Gasteiger partial charge in [0.25, 0.3) is 0 Å². The Bertz CT molecular complexity index is 364. The first kappa shape index (κ1) is 21.7. The summed E-state index contributed by atoms with van der Waals surface area (Å²) in [6.07, 6.45) is 20.7. The number of allylic oxidation sites excluding steroid dienone is 4. The molecule has 150 valence electrons. The van der Waals surface area contributed by atoms with Crippen molar-refractivity contribution < 1.29 is 0 Å². The lowest BCUT2D eigenvalue weighted by Gasteiger charge is -2.35. The van der Waals surface area contributed by atoms with Gasteiger partial charge < -0.3 is 9.80 Å². The molecule has 0 saturated heterocycles. The summed E-state index contributed by atoms with van der Waals surface area (Å²) >= 11 is 0. The Morgan fingerprint density at radius 3 is 1.12 bits per heavy atom. The maximum atomic E-state index is 2.65. The van der Waals surface area contributed by atoms with Crippen LogP contribution in [0.2, 0.25) is 0 Å². The molecular formula is C24H44N2. The summed E-state index contributed by atoms with van der Waals surface area (Å²) < 4.78 is 0. The van der Waals surface area contributed by atoms with Crippen LogP contribution in [-0.4, -0.2) is 48.1 Å². The van der Waals surface area contributed by atoms with E-state index in [9.17, 15) is 0 Å². The maximum Gasteiger partial charge on any atom is 0.00954 e. The molecule has 2 aliphatic carbocycles. The molecule has 2 nitrogen and oxygen atoms in total. The van der Waals surface area contributed by atoms with Gasteiger partial charge in [0, 0.05) is 12.1 Å². The van der Waals surface area contributed by atoms with Gasteiger partial charge in [0.1, 0.15) is 0 Å². The summed E-state index contributed by atoms with van der Waals surface area (Å²) in [6, 6.07) is 1.68. The van der Waals surface area contributed by atoms with E-state index in [2.05, 4.69) is 61.8 Å². The summed E-state index contributed by atoms with van der Waals surface area (Å²) in [5.41, 5.74) is 0. The normalized spacial score (nSPS) is 30.8. The molecule has 0 aromatic rings. The molecule has 2 rings (SSSR count). The molecule has 0 radical (unpaired) electrons. The zero-order chi connectivity index (χ0) is 18.8. The first-order valence-corrected chi connectivity index (χ1v) is 11.5. The van der Waals surface area contributed by atoms with Crippen molar-refractivity contribution in [1.82, 2.24) is 9.80 Å². The van der Waals surface area contributed by atoms with Gasteiger partial charge in [0.05, 0.1) is 0 Å². The molecule has 0 N–H and O–H groups in total. The van der Waals surface area contributed by atoms with E-state index < -0.39 is 0 Å². The SMILES string of the molecule is CCN(CC)C1CCC(/C=C/C=C/C2CCC(N(CC)CC)CC2)CC1. The molecule has 2 fully saturated rings. The van der Waals surface area contributed by atoms with Crippen molar-refractivity contribution in [2.75, 3.05) is 26.2 Å². The molecule has 0 heterocycles. The molecule has 2 saturated carbocycles. The molecule has 0 aliphatic heterocycles. The molecule has 0 aromatic carbocycles. The summed E-state index contributed by atoms with van der Waals surface area (Å²) in [4.78, 5) is 5.29. The van der Waals surface area contributed by atoms with Crippen molar-refractivity contribution in [3.8, 4) is 0 Å². The Balaban J connectivity index is 1.66. The van der Waals surface area contributed by atoms with Crippen LogP contribution >= 0.6 is 0 Å². The van der Waals surface area contributed by atoms with Gasteiger partial charge in [0.2, 0.25) is 0 Å². The van der Waals surface area contributed by atoms with Crippen molar-refractivity contribution >= 4 is 0 Å². The molecule has 0 atom stereocenters. The van der Waals surface area contributed by atoms with Gasteiger partial charge in [-0.1, -0.05) is 52.0 Å². The van der Waals surface area contributed by atoms with Crippen LogP contribution in [0.5, 0.6) is 0 Å². The minimum atomic E-state index is 0.810. The second-order valence-electron chi connectivity index (χ2n) is 8.35. The van der Waals surface area contributed by atoms with Gasteiger partial charge in [-0.2, -0.15) is 0 Å². The lowest BCUT2D eigenvalue weighted by atomic mass is 9.84. The minimum Gasteiger partial charge on any atom is -0.301 e. The van der Waals surface area contributed by atoms with Crippen LogP contribution in [0, 0.1) is 11.8 Å². The van der Waals surface area contributed by atoms with E-state index in [0.717, 1.165) is 23.9 Å². The molecule has 0 amide bonds. The Morgan fingerprint density at radius 1 is 0.538 bits per heavy atom. The van der Waals surface area contributed by atoms with E-state index in [1.807, 2.05) is 0 Å². The molecule has 0 aromatic heterocycles. The predicted molar refractivity (Wildman–Crippen MR) is 116 cm³/mol. The molecule has 26 heavy (non-hydrogen) atoms. The van der Waals surface area contributed by atoms with Crippen LogP contribution in [0.4, 0.5) is 0 Å². The Labute approximate surface area is 163 Å². The Hall–Kier alpha value is -0.600. The van der Waals surface area contributed by atoms with Crippen molar-refractivity contribution in [3.63, 3.8) is 0 Å². The van der Waals surface area contributed by atoms with E-state index in [4.69, 9.17) is 0 Å². The first-order chi connectivity index (χ1) is 12.7. The summed E-state index contributed by atoms with van der Waals surface area (Å²) in [5, 5.41) is 0. The van der Waals surface area contributed by atoms with E-state index in [1.54, 1.807) is 0 Å². The quantitative estimate of drug-likeness (QED) is 0.472. The standard InChI is InChI=1S/C24H44N2/c1-5-25(6-2)23-17-13-21(14-18-23)11-9-10-12-22-15-19-24(20-16-22)26(7-3)8-4/h9-12,21-24H,5-8,13-20H2,1-4H3/b11-9+,12-10+. The van der Waals surface area contributed by atoms with E-state index in [1.165, 1.54) is 77.5 Å². The number of rotatable bonds is 9. The van der Waals surface area contributed by atoms with E-state index >= 15 is 0 Å². The van der Waals surface area contributed by atoms with Crippen molar-refractivity contribution in [3.05, 3.63) is 24.3 Å². The van der Waals surface area contributed by atoms with E-state index in [0.29, 0.717) is 0 Å². The van der Waals surface area contributed by atoms with Crippen LogP contribution in [0.25, 0.3) is 0 Å². The average molecular weight is 361 g/mol. The van der Waals surface area contributed by atoms with Crippen LogP contribution < -0.4 is 0 Å². The van der Waals surface area contributed by atoms with Gasteiger partial charge in [-0.25, -0.2) is 0 Å². The zero-order valence-electron chi connectivity index (χ0n) is 18.0. The fourth-order valence-electron chi connectivity index (χ4n) is 5.24. The summed E-state index contributed by atoms with van der Waals surface area (Å²) in [5.74, 6) is 1.62. The second-order valence-corrected chi connectivity index (χ2v) is 8.35. The number of nitrogens with zero attached hydrogens (tertiary/aromatic N) is 2. The highest BCUT2D eigenvalue weighted by atomic mass is 15.1. The maximum absolute atomic E-state index is 2.65. The van der Waals surface area contributed by atoms with Gasteiger partial charge in [-0.05, 0) is 89.4 Å². The summed E-state index contributed by atoms with van der Waals surface area (Å²) in [6.45, 7) is 14.0. The topological polar surface area (TPSA) is 6.48 Å². The minimum absolute atomic E-state index is 0.810. The van der Waals surface area contributed by atoms with Crippen molar-refractivity contribution in [1.29, 1.82) is 0 Å². The number of hydrogen-bond acceptors (Lipinski definition) is 2. The lowest BCUT2D eigenvalue weighted by Crippen LogP contribution is -2.37. The van der Waals surface area contributed by atoms with Gasteiger partial charge in [-0.3, -0.25) is 0 Å². The summed E-state index contributed by atoms with van der Waals surface area (Å²) in [7, 11) is 0. The molecule has 0 bridgehead atoms. The molecule has 0 unspecified atom stereocenters. The third kappa shape index (κ3) is 6.53. The Kier molecular flexibility index (Phi) is 9.99. The van der Waals surface area contributed by atoms with Crippen molar-refractivity contribution in [2.45, 2.75) is 91.1 Å². The van der Waals surface area contributed by atoms with Crippen molar-refractivity contribution in [2.24, 2.45) is 11.8 Å². The fourth-order valence-corrected chi connectivity index (χ4v) is 5.24. The lowest BCUT2D eigenvalue weighted by molar-refractivity contribution is 0.159. The third-order valence-corrected chi connectivity index (χ3v) is 7.02.